The van der Waals surface area contributed by atoms with E-state index in [-0.39, 0.29) is 6.79 Å². The molecule has 1 atom stereocenters. The van der Waals surface area contributed by atoms with Crippen LogP contribution in [0.3, 0.4) is 0 Å². The summed E-state index contributed by atoms with van der Waals surface area (Å²) in [5.74, 6) is 1.31. The zero-order chi connectivity index (χ0) is 11.5. The van der Waals surface area contributed by atoms with Crippen molar-refractivity contribution in [3.63, 3.8) is 0 Å². The van der Waals surface area contributed by atoms with Crippen molar-refractivity contribution < 1.29 is 24.1 Å². The number of hydrogen-bond donors (Lipinski definition) is 1. The van der Waals surface area contributed by atoms with E-state index in [9.17, 15) is 5.11 Å². The highest BCUT2D eigenvalue weighted by Gasteiger charge is 2.22. The molecule has 0 spiro atoms. The molecule has 88 valence electrons. The molecule has 1 aliphatic heterocycles. The lowest BCUT2D eigenvalue weighted by Crippen LogP contribution is -2.22. The third-order valence-electron chi connectivity index (χ3n) is 2.46. The van der Waals surface area contributed by atoms with Gasteiger partial charge in [-0.3, -0.25) is 0 Å². The normalized spacial score (nSPS) is 15.5. The molecule has 5 nitrogen and oxygen atoms in total. The number of ether oxygens (including phenoxy) is 4. The first-order valence-electron chi connectivity index (χ1n) is 4.89. The Labute approximate surface area is 93.5 Å². The zero-order valence-corrected chi connectivity index (χ0v) is 9.17. The summed E-state index contributed by atoms with van der Waals surface area (Å²) in [6.07, 6.45) is -1.55. The molecular weight excluding hydrogens is 212 g/mol. The molecule has 2 rings (SSSR count). The fourth-order valence-electron chi connectivity index (χ4n) is 1.61. The Morgan fingerprint density at radius 3 is 2.56 bits per heavy atom. The zero-order valence-electron chi connectivity index (χ0n) is 9.17. The van der Waals surface area contributed by atoms with Crippen LogP contribution in [-0.4, -0.2) is 32.4 Å². The van der Waals surface area contributed by atoms with Gasteiger partial charge in [0.15, 0.2) is 17.8 Å². The van der Waals surface area contributed by atoms with Crippen molar-refractivity contribution in [1.82, 2.24) is 0 Å². The Balaban J connectivity index is 2.20. The standard InChI is InChI=1S/C11H14O5/c1-13-11(14-2)10(12)7-3-4-8-9(5-7)16-6-15-8/h3-5,10-12H,6H2,1-2H3. The van der Waals surface area contributed by atoms with E-state index in [2.05, 4.69) is 0 Å². The Hall–Kier alpha value is -1.30. The topological polar surface area (TPSA) is 57.2 Å². The Bertz CT molecular complexity index is 361. The van der Waals surface area contributed by atoms with Crippen molar-refractivity contribution in [3.05, 3.63) is 23.8 Å². The number of rotatable bonds is 4. The smallest absolute Gasteiger partial charge is 0.231 e. The van der Waals surface area contributed by atoms with Gasteiger partial charge in [0, 0.05) is 14.2 Å². The molecule has 1 N–H and O–H groups in total. The number of hydrogen-bond acceptors (Lipinski definition) is 5. The highest BCUT2D eigenvalue weighted by Crippen LogP contribution is 2.35. The van der Waals surface area contributed by atoms with Crippen LogP contribution in [0.5, 0.6) is 11.5 Å². The minimum Gasteiger partial charge on any atom is -0.454 e. The first kappa shape index (κ1) is 11.2. The van der Waals surface area contributed by atoms with Crippen molar-refractivity contribution in [2.24, 2.45) is 0 Å². The largest absolute Gasteiger partial charge is 0.454 e. The van der Waals surface area contributed by atoms with Gasteiger partial charge < -0.3 is 24.1 Å². The molecule has 0 bridgehead atoms. The summed E-state index contributed by atoms with van der Waals surface area (Å²) in [5, 5.41) is 9.97. The van der Waals surface area contributed by atoms with Crippen LogP contribution in [0.25, 0.3) is 0 Å². The summed E-state index contributed by atoms with van der Waals surface area (Å²) in [5.41, 5.74) is 0.665. The van der Waals surface area contributed by atoms with E-state index < -0.39 is 12.4 Å². The average molecular weight is 226 g/mol. The van der Waals surface area contributed by atoms with Crippen molar-refractivity contribution in [2.75, 3.05) is 21.0 Å². The highest BCUT2D eigenvalue weighted by atomic mass is 16.7. The predicted molar refractivity (Wildman–Crippen MR) is 55.3 cm³/mol. The Morgan fingerprint density at radius 1 is 1.19 bits per heavy atom. The third kappa shape index (κ3) is 1.97. The molecule has 1 unspecified atom stereocenters. The fourth-order valence-corrected chi connectivity index (χ4v) is 1.61. The van der Waals surface area contributed by atoms with Gasteiger partial charge in [0.25, 0.3) is 0 Å². The molecule has 1 aliphatic rings. The molecule has 1 aromatic rings. The summed E-state index contributed by atoms with van der Waals surface area (Å²) < 4.78 is 20.4. The maximum absolute atomic E-state index is 9.97. The van der Waals surface area contributed by atoms with Gasteiger partial charge in [-0.2, -0.15) is 0 Å². The first-order chi connectivity index (χ1) is 7.76. The maximum atomic E-state index is 9.97. The van der Waals surface area contributed by atoms with Crippen LogP contribution in [0.2, 0.25) is 0 Å². The van der Waals surface area contributed by atoms with Gasteiger partial charge in [-0.25, -0.2) is 0 Å². The molecule has 1 heterocycles. The number of fused-ring (bicyclic) bond motifs is 1. The lowest BCUT2D eigenvalue weighted by molar-refractivity contribution is -0.166. The van der Waals surface area contributed by atoms with Crippen LogP contribution >= 0.6 is 0 Å². The fraction of sp³-hybridized carbons (Fsp3) is 0.455. The summed E-state index contributed by atoms with van der Waals surface area (Å²) >= 11 is 0. The summed E-state index contributed by atoms with van der Waals surface area (Å²) in [7, 11) is 2.95. The second-order valence-electron chi connectivity index (χ2n) is 3.40. The maximum Gasteiger partial charge on any atom is 0.231 e. The molecular formula is C11H14O5. The molecule has 0 radical (unpaired) electrons. The van der Waals surface area contributed by atoms with Crippen molar-refractivity contribution in [2.45, 2.75) is 12.4 Å². The molecule has 16 heavy (non-hydrogen) atoms. The molecule has 0 amide bonds. The minimum atomic E-state index is -0.857. The van der Waals surface area contributed by atoms with Crippen molar-refractivity contribution in [3.8, 4) is 11.5 Å². The second kappa shape index (κ2) is 4.69. The van der Waals surface area contributed by atoms with E-state index in [4.69, 9.17) is 18.9 Å². The number of methoxy groups -OCH3 is 2. The monoisotopic (exact) mass is 226 g/mol. The van der Waals surface area contributed by atoms with Gasteiger partial charge in [0.2, 0.25) is 6.79 Å². The van der Waals surface area contributed by atoms with E-state index in [0.29, 0.717) is 17.1 Å². The molecule has 1 aromatic carbocycles. The number of aliphatic hydroxyl groups is 1. The van der Waals surface area contributed by atoms with Crippen LogP contribution in [0.4, 0.5) is 0 Å². The van der Waals surface area contributed by atoms with Crippen LogP contribution in [0, 0.1) is 0 Å². The van der Waals surface area contributed by atoms with Crippen LogP contribution < -0.4 is 9.47 Å². The van der Waals surface area contributed by atoms with Crippen LogP contribution in [-0.2, 0) is 9.47 Å². The van der Waals surface area contributed by atoms with Gasteiger partial charge in [0.1, 0.15) is 6.10 Å². The number of aliphatic hydroxyl groups excluding tert-OH is 1. The molecule has 0 saturated carbocycles. The molecule has 5 heteroatoms. The van der Waals surface area contributed by atoms with Crippen LogP contribution in [0.15, 0.2) is 18.2 Å². The van der Waals surface area contributed by atoms with E-state index in [1.165, 1.54) is 14.2 Å². The van der Waals surface area contributed by atoms with Gasteiger partial charge in [-0.15, -0.1) is 0 Å². The van der Waals surface area contributed by atoms with Gasteiger partial charge in [-0.1, -0.05) is 6.07 Å². The van der Waals surface area contributed by atoms with Crippen molar-refractivity contribution >= 4 is 0 Å². The quantitative estimate of drug-likeness (QED) is 0.778. The predicted octanol–water partition coefficient (Wildman–Crippen LogP) is 1.07. The summed E-state index contributed by atoms with van der Waals surface area (Å²) in [6.45, 7) is 0.215. The molecule has 0 aliphatic carbocycles. The lowest BCUT2D eigenvalue weighted by Gasteiger charge is -2.20. The average Bonchev–Trinajstić information content (AvgIpc) is 2.77. The molecule has 0 fully saturated rings. The summed E-state index contributed by atoms with van der Waals surface area (Å²) in [6, 6.07) is 5.23. The molecule has 0 aromatic heterocycles. The SMILES string of the molecule is COC(OC)C(O)c1ccc2c(c1)OCO2. The van der Waals surface area contributed by atoms with Crippen LogP contribution in [0.1, 0.15) is 11.7 Å². The van der Waals surface area contributed by atoms with E-state index in [1.807, 2.05) is 0 Å². The van der Waals surface area contributed by atoms with E-state index in [0.717, 1.165) is 0 Å². The highest BCUT2D eigenvalue weighted by molar-refractivity contribution is 5.45. The second-order valence-corrected chi connectivity index (χ2v) is 3.40. The third-order valence-corrected chi connectivity index (χ3v) is 2.46. The Morgan fingerprint density at radius 2 is 1.88 bits per heavy atom. The van der Waals surface area contributed by atoms with Gasteiger partial charge in [0.05, 0.1) is 0 Å². The van der Waals surface area contributed by atoms with E-state index in [1.54, 1.807) is 18.2 Å². The number of benzene rings is 1. The Kier molecular flexibility index (Phi) is 3.28. The van der Waals surface area contributed by atoms with Crippen molar-refractivity contribution in [1.29, 1.82) is 0 Å². The minimum absolute atomic E-state index is 0.215. The van der Waals surface area contributed by atoms with Gasteiger partial charge >= 0.3 is 0 Å². The van der Waals surface area contributed by atoms with E-state index >= 15 is 0 Å². The van der Waals surface area contributed by atoms with Gasteiger partial charge in [-0.05, 0) is 17.7 Å². The first-order valence-corrected chi connectivity index (χ1v) is 4.89. The lowest BCUT2D eigenvalue weighted by atomic mass is 10.1. The summed E-state index contributed by atoms with van der Waals surface area (Å²) in [4.78, 5) is 0. The molecule has 0 saturated heterocycles.